The predicted molar refractivity (Wildman–Crippen MR) is 63.7 cm³/mol. The molecule has 0 amide bonds. The van der Waals surface area contributed by atoms with Gasteiger partial charge in [0, 0.05) is 26.2 Å². The van der Waals surface area contributed by atoms with Crippen LogP contribution >= 0.6 is 0 Å². The highest BCUT2D eigenvalue weighted by Gasteiger charge is 2.41. The number of rotatable bonds is 5. The van der Waals surface area contributed by atoms with Gasteiger partial charge in [0.1, 0.15) is 0 Å². The molecule has 1 rings (SSSR count). The first-order valence-corrected chi connectivity index (χ1v) is 7.22. The third-order valence-corrected chi connectivity index (χ3v) is 5.37. The minimum atomic E-state index is -3.50. The van der Waals surface area contributed by atoms with E-state index in [4.69, 9.17) is 5.11 Å². The molecule has 1 aliphatic rings. The minimum Gasteiger partial charge on any atom is -0.481 e. The summed E-state index contributed by atoms with van der Waals surface area (Å²) in [6.07, 6.45) is 0. The third-order valence-electron chi connectivity index (χ3n) is 3.25. The first kappa shape index (κ1) is 14.4. The van der Waals surface area contributed by atoms with E-state index in [-0.39, 0.29) is 19.0 Å². The summed E-state index contributed by atoms with van der Waals surface area (Å²) in [6, 6.07) is 0. The lowest BCUT2D eigenvalue weighted by molar-refractivity contribution is -0.142. The Balaban J connectivity index is 2.86. The summed E-state index contributed by atoms with van der Waals surface area (Å²) in [4.78, 5) is 11.0. The molecule has 6 nitrogen and oxygen atoms in total. The van der Waals surface area contributed by atoms with Crippen LogP contribution < -0.4 is 0 Å². The molecule has 0 aliphatic carbocycles. The Morgan fingerprint density at radius 2 is 1.88 bits per heavy atom. The average Bonchev–Trinajstić information content (AvgIpc) is 2.62. The third kappa shape index (κ3) is 2.78. The maximum Gasteiger partial charge on any atom is 0.308 e. The number of carboxylic acids is 1. The largest absolute Gasteiger partial charge is 0.481 e. The number of carbonyl (C=O) groups is 1. The van der Waals surface area contributed by atoms with Crippen molar-refractivity contribution in [1.82, 2.24) is 8.61 Å². The number of aliphatic carboxylic acids is 1. The minimum absolute atomic E-state index is 0.0787. The lowest BCUT2D eigenvalue weighted by Gasteiger charge is -2.25. The standard InChI is InChI=1S/C10H20N2O4S/c1-4-11(5-2)17(15,16)12-6-8(3)9(7-12)10(13)14/h8-9H,4-7H2,1-3H3,(H,13,14). The van der Waals surface area contributed by atoms with Gasteiger partial charge in [0.15, 0.2) is 0 Å². The van der Waals surface area contributed by atoms with Crippen molar-refractivity contribution in [3.8, 4) is 0 Å². The number of nitrogens with zero attached hydrogens (tertiary/aromatic N) is 2. The van der Waals surface area contributed by atoms with E-state index >= 15 is 0 Å². The van der Waals surface area contributed by atoms with Crippen molar-refractivity contribution < 1.29 is 18.3 Å². The van der Waals surface area contributed by atoms with Crippen molar-refractivity contribution in [2.24, 2.45) is 11.8 Å². The summed E-state index contributed by atoms with van der Waals surface area (Å²) in [5, 5.41) is 8.99. The Bertz CT molecular complexity index is 378. The summed E-state index contributed by atoms with van der Waals surface area (Å²) in [7, 11) is -3.50. The van der Waals surface area contributed by atoms with E-state index < -0.39 is 22.1 Å². The molecule has 100 valence electrons. The first-order chi connectivity index (χ1) is 7.84. The molecule has 0 radical (unpaired) electrons. The molecule has 1 N–H and O–H groups in total. The highest BCUT2D eigenvalue weighted by molar-refractivity contribution is 7.86. The van der Waals surface area contributed by atoms with Gasteiger partial charge in [-0.3, -0.25) is 4.79 Å². The number of hydrogen-bond acceptors (Lipinski definition) is 3. The highest BCUT2D eigenvalue weighted by atomic mass is 32.2. The maximum absolute atomic E-state index is 12.2. The van der Waals surface area contributed by atoms with Crippen molar-refractivity contribution in [3.05, 3.63) is 0 Å². The van der Waals surface area contributed by atoms with Crippen LogP contribution in [0.5, 0.6) is 0 Å². The van der Waals surface area contributed by atoms with E-state index in [0.717, 1.165) is 0 Å². The van der Waals surface area contributed by atoms with Crippen LogP contribution in [0.2, 0.25) is 0 Å². The number of hydrogen-bond donors (Lipinski definition) is 1. The Labute approximate surface area is 102 Å². The summed E-state index contributed by atoms with van der Waals surface area (Å²) in [5.74, 6) is -1.66. The molecule has 1 aliphatic heterocycles. The van der Waals surface area contributed by atoms with E-state index in [1.54, 1.807) is 20.8 Å². The molecule has 1 heterocycles. The van der Waals surface area contributed by atoms with Crippen LogP contribution in [0.4, 0.5) is 0 Å². The highest BCUT2D eigenvalue weighted by Crippen LogP contribution is 2.26. The molecule has 1 fully saturated rings. The normalized spacial score (nSPS) is 26.6. The molecule has 0 bridgehead atoms. The molecule has 2 unspecified atom stereocenters. The van der Waals surface area contributed by atoms with E-state index in [2.05, 4.69) is 0 Å². The second kappa shape index (κ2) is 5.32. The van der Waals surface area contributed by atoms with E-state index in [0.29, 0.717) is 13.1 Å². The van der Waals surface area contributed by atoms with Gasteiger partial charge in [-0.05, 0) is 5.92 Å². The van der Waals surface area contributed by atoms with E-state index in [1.807, 2.05) is 0 Å². The molecule has 0 aromatic heterocycles. The van der Waals surface area contributed by atoms with E-state index in [1.165, 1.54) is 8.61 Å². The zero-order valence-corrected chi connectivity index (χ0v) is 11.3. The van der Waals surface area contributed by atoms with E-state index in [9.17, 15) is 13.2 Å². The lowest BCUT2D eigenvalue weighted by atomic mass is 9.99. The Kier molecular flexibility index (Phi) is 4.51. The monoisotopic (exact) mass is 264 g/mol. The van der Waals surface area contributed by atoms with Crippen molar-refractivity contribution >= 4 is 16.2 Å². The molecule has 1 saturated heterocycles. The first-order valence-electron chi connectivity index (χ1n) is 5.82. The molecule has 0 saturated carbocycles. The Morgan fingerprint density at radius 3 is 2.24 bits per heavy atom. The van der Waals surface area contributed by atoms with Crippen LogP contribution in [-0.4, -0.2) is 54.3 Å². The van der Waals surface area contributed by atoms with Crippen LogP contribution in [0, 0.1) is 11.8 Å². The second-order valence-corrected chi connectivity index (χ2v) is 6.26. The second-order valence-electron chi connectivity index (χ2n) is 4.33. The van der Waals surface area contributed by atoms with Gasteiger partial charge in [0.25, 0.3) is 10.2 Å². The molecule has 0 spiro atoms. The fourth-order valence-electron chi connectivity index (χ4n) is 2.15. The van der Waals surface area contributed by atoms with Gasteiger partial charge in [-0.2, -0.15) is 17.0 Å². The zero-order chi connectivity index (χ0) is 13.2. The summed E-state index contributed by atoms with van der Waals surface area (Å²) < 4.78 is 27.0. The molecule has 2 atom stereocenters. The van der Waals surface area contributed by atoms with Crippen LogP contribution in [0.25, 0.3) is 0 Å². The van der Waals surface area contributed by atoms with Crippen LogP contribution in [0.3, 0.4) is 0 Å². The average molecular weight is 264 g/mol. The van der Waals surface area contributed by atoms with Crippen molar-refractivity contribution in [3.63, 3.8) is 0 Å². The van der Waals surface area contributed by atoms with Gasteiger partial charge in [0.05, 0.1) is 5.92 Å². The van der Waals surface area contributed by atoms with Crippen LogP contribution in [0.1, 0.15) is 20.8 Å². The Hall–Kier alpha value is -0.660. The summed E-state index contributed by atoms with van der Waals surface area (Å²) >= 11 is 0. The lowest BCUT2D eigenvalue weighted by Crippen LogP contribution is -2.43. The topological polar surface area (TPSA) is 77.9 Å². The maximum atomic E-state index is 12.2. The summed E-state index contributed by atoms with van der Waals surface area (Å²) in [6.45, 7) is 6.50. The van der Waals surface area contributed by atoms with Crippen molar-refractivity contribution in [2.75, 3.05) is 26.2 Å². The molecular formula is C10H20N2O4S. The molecule has 0 aromatic rings. The van der Waals surface area contributed by atoms with Gasteiger partial charge in [0.2, 0.25) is 0 Å². The van der Waals surface area contributed by atoms with Crippen LogP contribution in [0.15, 0.2) is 0 Å². The molecule has 17 heavy (non-hydrogen) atoms. The smallest absolute Gasteiger partial charge is 0.308 e. The summed E-state index contributed by atoms with van der Waals surface area (Å²) in [5.41, 5.74) is 0. The molecule has 7 heteroatoms. The fraction of sp³-hybridized carbons (Fsp3) is 0.900. The van der Waals surface area contributed by atoms with Gasteiger partial charge in [-0.25, -0.2) is 0 Å². The molecular weight excluding hydrogens is 244 g/mol. The van der Waals surface area contributed by atoms with Gasteiger partial charge in [-0.15, -0.1) is 0 Å². The zero-order valence-electron chi connectivity index (χ0n) is 10.5. The fourth-order valence-corrected chi connectivity index (χ4v) is 3.90. The SMILES string of the molecule is CCN(CC)S(=O)(=O)N1CC(C)C(C(=O)O)C1. The quantitative estimate of drug-likeness (QED) is 0.771. The van der Waals surface area contributed by atoms with Crippen molar-refractivity contribution in [2.45, 2.75) is 20.8 Å². The van der Waals surface area contributed by atoms with Gasteiger partial charge < -0.3 is 5.11 Å². The Morgan fingerprint density at radius 1 is 1.35 bits per heavy atom. The van der Waals surface area contributed by atoms with Gasteiger partial charge in [-0.1, -0.05) is 20.8 Å². The predicted octanol–water partition coefficient (Wildman–Crippen LogP) is 0.226. The van der Waals surface area contributed by atoms with Crippen molar-refractivity contribution in [1.29, 1.82) is 0 Å². The number of carboxylic acid groups (broad SMARTS) is 1. The molecule has 0 aromatic carbocycles. The van der Waals surface area contributed by atoms with Gasteiger partial charge >= 0.3 is 5.97 Å². The van der Waals surface area contributed by atoms with Crippen LogP contribution in [-0.2, 0) is 15.0 Å².